The van der Waals surface area contributed by atoms with Crippen molar-refractivity contribution in [2.24, 2.45) is 35.5 Å². The summed E-state index contributed by atoms with van der Waals surface area (Å²) in [6.07, 6.45) is 6.14. The first-order valence-corrected chi connectivity index (χ1v) is 20.8. The van der Waals surface area contributed by atoms with Crippen LogP contribution in [0.4, 0.5) is 0 Å². The molecule has 12 nitrogen and oxygen atoms in total. The van der Waals surface area contributed by atoms with Crippen molar-refractivity contribution in [3.05, 3.63) is 36.0 Å². The Bertz CT molecular complexity index is 1460. The number of allylic oxidation sites excluding steroid dienone is 4. The standard InChI is InChI=1S/C44H69NO11/c1-10-13-32-19-25(2)18-26(3)20-37(53-8)40-38(54-9)23-29(6)44(52,56-40)41(49)42(50)45-17-12-11-14-33(45)43(51)55-39(30(7)35(47)24-36(32)48)28(5)22-31-15-16-34(46)27(4)21-31/h10,19,22,26-27,29-35,37-40,46-47,52H,1,11-18,20-21,23-24H2,2-9H3/b25-19+,28-22+/t26-,27+,29+,30+,31+,32+,33-,34+,35-,37-,38-,39+,40+,44+/m0/s1. The molecule has 3 heterocycles. The number of carbonyl (C=O) groups excluding carboxylic acids is 4. The highest BCUT2D eigenvalue weighted by atomic mass is 16.7. The summed E-state index contributed by atoms with van der Waals surface area (Å²) in [4.78, 5) is 57.8. The molecule has 0 aromatic carbocycles. The minimum absolute atomic E-state index is 0.0180. The van der Waals surface area contributed by atoms with E-state index in [1.165, 1.54) is 19.1 Å². The van der Waals surface area contributed by atoms with Gasteiger partial charge in [0.15, 0.2) is 0 Å². The zero-order valence-electron chi connectivity index (χ0n) is 35.0. The van der Waals surface area contributed by atoms with Gasteiger partial charge in [-0.1, -0.05) is 51.5 Å². The maximum absolute atomic E-state index is 14.3. The van der Waals surface area contributed by atoms with Crippen molar-refractivity contribution < 1.29 is 53.4 Å². The van der Waals surface area contributed by atoms with Crippen LogP contribution in [0, 0.1) is 35.5 Å². The lowest BCUT2D eigenvalue weighted by atomic mass is 9.78. The van der Waals surface area contributed by atoms with Gasteiger partial charge in [0.2, 0.25) is 5.79 Å². The summed E-state index contributed by atoms with van der Waals surface area (Å²) >= 11 is 0. The van der Waals surface area contributed by atoms with E-state index in [2.05, 4.69) is 6.58 Å². The lowest BCUT2D eigenvalue weighted by molar-refractivity contribution is -0.302. The lowest BCUT2D eigenvalue weighted by Crippen LogP contribution is -2.64. The van der Waals surface area contributed by atoms with Crippen LogP contribution in [0.15, 0.2) is 36.0 Å². The van der Waals surface area contributed by atoms with E-state index in [-0.39, 0.29) is 55.4 Å². The fourth-order valence-electron chi connectivity index (χ4n) is 9.45. The van der Waals surface area contributed by atoms with E-state index in [9.17, 15) is 34.5 Å². The number of aliphatic hydroxyl groups is 3. The number of piperidine rings is 1. The summed E-state index contributed by atoms with van der Waals surface area (Å²) in [6.45, 7) is 15.2. The number of fused-ring (bicyclic) bond motifs is 3. The number of esters is 1. The first-order valence-electron chi connectivity index (χ1n) is 20.8. The van der Waals surface area contributed by atoms with Crippen molar-refractivity contribution in [2.45, 2.75) is 161 Å². The van der Waals surface area contributed by atoms with Crippen LogP contribution in [-0.2, 0) is 38.1 Å². The molecule has 3 fully saturated rings. The second kappa shape index (κ2) is 20.3. The number of ketones is 2. The number of aliphatic hydroxyl groups excluding tert-OH is 2. The van der Waals surface area contributed by atoms with Gasteiger partial charge in [-0.25, -0.2) is 4.79 Å². The van der Waals surface area contributed by atoms with Crippen molar-refractivity contribution in [3.8, 4) is 0 Å². The zero-order chi connectivity index (χ0) is 41.5. The second-order valence-corrected chi connectivity index (χ2v) is 17.5. The lowest BCUT2D eigenvalue weighted by Gasteiger charge is -2.47. The molecule has 0 spiro atoms. The molecule has 14 atom stereocenters. The molecule has 1 amide bonds. The average Bonchev–Trinajstić information content (AvgIpc) is 3.16. The zero-order valence-corrected chi connectivity index (χ0v) is 35.0. The predicted octanol–water partition coefficient (Wildman–Crippen LogP) is 5.26. The van der Waals surface area contributed by atoms with Crippen molar-refractivity contribution in [2.75, 3.05) is 20.8 Å². The Morgan fingerprint density at radius 1 is 0.964 bits per heavy atom. The van der Waals surface area contributed by atoms with Crippen LogP contribution in [0.5, 0.6) is 0 Å². The molecule has 316 valence electrons. The van der Waals surface area contributed by atoms with Crippen molar-refractivity contribution in [1.82, 2.24) is 4.90 Å². The molecular formula is C44H69NO11. The Balaban J connectivity index is 1.78. The number of nitrogens with zero attached hydrogens (tertiary/aromatic N) is 1. The summed E-state index contributed by atoms with van der Waals surface area (Å²) in [5.41, 5.74) is 1.67. The van der Waals surface area contributed by atoms with Crippen molar-refractivity contribution >= 4 is 23.4 Å². The molecule has 2 bridgehead atoms. The highest BCUT2D eigenvalue weighted by Gasteiger charge is 2.56. The number of hydrogen-bond acceptors (Lipinski definition) is 11. The number of cyclic esters (lactones) is 1. The molecule has 0 aromatic heterocycles. The molecule has 0 aromatic rings. The van der Waals surface area contributed by atoms with Crippen LogP contribution in [0.2, 0.25) is 0 Å². The second-order valence-electron chi connectivity index (χ2n) is 17.5. The highest BCUT2D eigenvalue weighted by molar-refractivity contribution is 6.39. The maximum Gasteiger partial charge on any atom is 0.329 e. The SMILES string of the molecule is C=CC[C@@H]1/C=C(\C)C[C@H](C)C[C@H](OC)[C@H]2O[C@@](O)(C(=O)C(=O)N3CCCC[C@H]3C(=O)O[C@H](/C(C)=C/[C@@H]3CC[C@@H](O)[C@H](C)C3)[C@H](C)[C@@H](O)CC1=O)[C@H](C)C[C@@H]2OC. The molecule has 3 aliphatic heterocycles. The van der Waals surface area contributed by atoms with Crippen molar-refractivity contribution in [3.63, 3.8) is 0 Å². The van der Waals surface area contributed by atoms with Gasteiger partial charge in [0, 0.05) is 44.9 Å². The Morgan fingerprint density at radius 3 is 2.29 bits per heavy atom. The predicted molar refractivity (Wildman–Crippen MR) is 211 cm³/mol. The summed E-state index contributed by atoms with van der Waals surface area (Å²) in [6, 6.07) is -1.12. The fourth-order valence-corrected chi connectivity index (χ4v) is 9.45. The molecule has 0 unspecified atom stereocenters. The number of hydrogen-bond donors (Lipinski definition) is 3. The molecule has 1 saturated carbocycles. The molecule has 12 heteroatoms. The number of methoxy groups -OCH3 is 2. The van der Waals surface area contributed by atoms with Crippen LogP contribution in [0.3, 0.4) is 0 Å². The molecule has 1 aliphatic carbocycles. The van der Waals surface area contributed by atoms with E-state index >= 15 is 0 Å². The Morgan fingerprint density at radius 2 is 1.64 bits per heavy atom. The smallest absolute Gasteiger partial charge is 0.329 e. The summed E-state index contributed by atoms with van der Waals surface area (Å²) in [7, 11) is 3.06. The third-order valence-electron chi connectivity index (χ3n) is 12.9. The minimum Gasteiger partial charge on any atom is -0.456 e. The van der Waals surface area contributed by atoms with Gasteiger partial charge >= 0.3 is 5.97 Å². The van der Waals surface area contributed by atoms with Crippen LogP contribution in [0.25, 0.3) is 0 Å². The molecule has 4 rings (SSSR count). The number of Topliss-reactive ketones (excluding diaryl/α,β-unsaturated/α-hetero) is 2. The first-order chi connectivity index (χ1) is 26.4. The normalized spacial score (nSPS) is 41.5. The van der Waals surface area contributed by atoms with Gasteiger partial charge in [0.25, 0.3) is 11.7 Å². The summed E-state index contributed by atoms with van der Waals surface area (Å²) in [5.74, 6) is -7.42. The number of rotatable bonds is 6. The van der Waals surface area contributed by atoms with E-state index in [0.29, 0.717) is 44.1 Å². The van der Waals surface area contributed by atoms with E-state index in [1.807, 2.05) is 39.8 Å². The van der Waals surface area contributed by atoms with E-state index < -0.39 is 77.8 Å². The van der Waals surface area contributed by atoms with Gasteiger partial charge in [0.1, 0.15) is 24.0 Å². The van der Waals surface area contributed by atoms with E-state index in [0.717, 1.165) is 18.4 Å². The average molecular weight is 788 g/mol. The summed E-state index contributed by atoms with van der Waals surface area (Å²) in [5, 5.41) is 34.1. The van der Waals surface area contributed by atoms with Gasteiger partial charge < -0.3 is 39.2 Å². The molecule has 4 aliphatic rings. The highest BCUT2D eigenvalue weighted by Crippen LogP contribution is 2.39. The molecule has 56 heavy (non-hydrogen) atoms. The Labute approximate surface area is 334 Å². The molecular weight excluding hydrogens is 718 g/mol. The Kier molecular flexibility index (Phi) is 16.7. The van der Waals surface area contributed by atoms with Crippen LogP contribution < -0.4 is 0 Å². The largest absolute Gasteiger partial charge is 0.456 e. The number of amides is 1. The van der Waals surface area contributed by atoms with Crippen LogP contribution in [0.1, 0.15) is 112 Å². The minimum atomic E-state index is -2.50. The Hall–Kier alpha value is -2.74. The molecule has 3 N–H and O–H groups in total. The fraction of sp³-hybridized carbons (Fsp3) is 0.773. The van der Waals surface area contributed by atoms with E-state index in [1.54, 1.807) is 19.9 Å². The van der Waals surface area contributed by atoms with Gasteiger partial charge in [-0.05, 0) is 101 Å². The van der Waals surface area contributed by atoms with Crippen LogP contribution in [-0.4, -0.2) is 113 Å². The number of ether oxygens (including phenoxy) is 4. The molecule has 0 radical (unpaired) electrons. The van der Waals surface area contributed by atoms with Crippen molar-refractivity contribution in [1.29, 1.82) is 0 Å². The van der Waals surface area contributed by atoms with Gasteiger partial charge in [-0.15, -0.1) is 6.58 Å². The monoisotopic (exact) mass is 787 g/mol. The quantitative estimate of drug-likeness (QED) is 0.183. The van der Waals surface area contributed by atoms with Gasteiger partial charge in [-0.2, -0.15) is 0 Å². The first kappa shape index (κ1) is 46.0. The van der Waals surface area contributed by atoms with Gasteiger partial charge in [0.05, 0.1) is 24.4 Å². The van der Waals surface area contributed by atoms with Crippen LogP contribution >= 0.6 is 0 Å². The third-order valence-corrected chi connectivity index (χ3v) is 12.9. The maximum atomic E-state index is 14.3. The topological polar surface area (TPSA) is 169 Å². The van der Waals surface area contributed by atoms with Gasteiger partial charge in [-0.3, -0.25) is 14.4 Å². The third kappa shape index (κ3) is 10.8. The van der Waals surface area contributed by atoms with E-state index in [4.69, 9.17) is 18.9 Å². The summed E-state index contributed by atoms with van der Waals surface area (Å²) < 4.78 is 24.2. The molecule has 2 saturated heterocycles. The number of carbonyl (C=O) groups is 4.